The van der Waals surface area contributed by atoms with Gasteiger partial charge in [0.2, 0.25) is 0 Å². The zero-order chi connectivity index (χ0) is 12.6. The molecule has 17 heavy (non-hydrogen) atoms. The fourth-order valence-corrected chi connectivity index (χ4v) is 2.99. The fourth-order valence-electron chi connectivity index (χ4n) is 1.86. The van der Waals surface area contributed by atoms with E-state index < -0.39 is 18.1 Å². The minimum absolute atomic E-state index is 0.0727. The van der Waals surface area contributed by atoms with Crippen LogP contribution < -0.4 is 0 Å². The van der Waals surface area contributed by atoms with Crippen molar-refractivity contribution >= 4 is 39.1 Å². The third kappa shape index (κ3) is 2.51. The lowest BCUT2D eigenvalue weighted by Crippen LogP contribution is -2.40. The highest BCUT2D eigenvalue weighted by Gasteiger charge is 2.39. The van der Waals surface area contributed by atoms with Crippen molar-refractivity contribution in [1.29, 1.82) is 0 Å². The van der Waals surface area contributed by atoms with Crippen LogP contribution in [-0.4, -0.2) is 45.7 Å². The molecule has 0 radical (unpaired) electrons. The summed E-state index contributed by atoms with van der Waals surface area (Å²) in [6.45, 7) is 0.0727. The van der Waals surface area contributed by atoms with Crippen molar-refractivity contribution in [3.63, 3.8) is 0 Å². The summed E-state index contributed by atoms with van der Waals surface area (Å²) in [5.41, 5.74) is 0.447. The lowest BCUT2D eigenvalue weighted by Gasteiger charge is -2.20. The Hall–Kier alpha value is -0.920. The van der Waals surface area contributed by atoms with E-state index in [1.807, 2.05) is 0 Å². The Kier molecular flexibility index (Phi) is 3.50. The number of carbonyl (C=O) groups is 2. The van der Waals surface area contributed by atoms with Crippen LogP contribution in [0.3, 0.4) is 0 Å². The molecular formula is C10H10BrNO4S. The van der Waals surface area contributed by atoms with Gasteiger partial charge in [0.1, 0.15) is 6.04 Å². The maximum absolute atomic E-state index is 12.1. The van der Waals surface area contributed by atoms with Crippen molar-refractivity contribution in [3.05, 3.63) is 20.8 Å². The van der Waals surface area contributed by atoms with Gasteiger partial charge in [-0.3, -0.25) is 4.79 Å². The number of aliphatic hydroxyl groups excluding tert-OH is 1. The first-order valence-corrected chi connectivity index (χ1v) is 6.62. The molecular weight excluding hydrogens is 310 g/mol. The van der Waals surface area contributed by atoms with Crippen molar-refractivity contribution in [2.45, 2.75) is 18.6 Å². The predicted octanol–water partition coefficient (Wildman–Crippen LogP) is 1.17. The number of nitrogens with zero attached hydrogens (tertiary/aromatic N) is 1. The summed E-state index contributed by atoms with van der Waals surface area (Å²) >= 11 is 4.61. The van der Waals surface area contributed by atoms with E-state index in [1.165, 1.54) is 16.2 Å². The molecule has 1 saturated heterocycles. The van der Waals surface area contributed by atoms with Gasteiger partial charge in [0.25, 0.3) is 5.91 Å². The van der Waals surface area contributed by atoms with Gasteiger partial charge in [-0.05, 0) is 22.0 Å². The van der Waals surface area contributed by atoms with Crippen LogP contribution in [0.25, 0.3) is 0 Å². The van der Waals surface area contributed by atoms with Gasteiger partial charge in [0, 0.05) is 18.3 Å². The summed E-state index contributed by atoms with van der Waals surface area (Å²) in [6.07, 6.45) is -0.672. The normalized spacial score (nSPS) is 24.0. The minimum atomic E-state index is -1.08. The molecule has 1 amide bonds. The second kappa shape index (κ2) is 4.75. The third-order valence-corrected chi connectivity index (χ3v) is 4.14. The summed E-state index contributed by atoms with van der Waals surface area (Å²) in [5.74, 6) is -1.43. The van der Waals surface area contributed by atoms with Gasteiger partial charge >= 0.3 is 5.97 Å². The molecule has 2 rings (SSSR count). The van der Waals surface area contributed by atoms with Crippen molar-refractivity contribution in [3.8, 4) is 0 Å². The first kappa shape index (κ1) is 12.5. The Morgan fingerprint density at radius 3 is 2.76 bits per heavy atom. The molecule has 1 aliphatic rings. The Balaban J connectivity index is 2.21. The molecule has 7 heteroatoms. The number of aliphatic hydroxyl groups is 1. The first-order valence-electron chi connectivity index (χ1n) is 4.95. The van der Waals surface area contributed by atoms with Crippen molar-refractivity contribution in [2.75, 3.05) is 6.54 Å². The van der Waals surface area contributed by atoms with Gasteiger partial charge in [0.05, 0.1) is 15.5 Å². The number of β-amino-alcohol motifs (C(OH)–C–C–N with tert-alkyl or cyclic N) is 1. The second-order valence-electron chi connectivity index (χ2n) is 3.84. The largest absolute Gasteiger partial charge is 0.480 e. The van der Waals surface area contributed by atoms with E-state index in [0.29, 0.717) is 5.56 Å². The molecule has 2 atom stereocenters. The van der Waals surface area contributed by atoms with E-state index >= 15 is 0 Å². The van der Waals surface area contributed by atoms with E-state index in [4.69, 9.17) is 5.11 Å². The van der Waals surface area contributed by atoms with Crippen LogP contribution in [0.5, 0.6) is 0 Å². The molecule has 0 bridgehead atoms. The van der Waals surface area contributed by atoms with Crippen molar-refractivity contribution in [1.82, 2.24) is 4.90 Å². The second-order valence-corrected chi connectivity index (χ2v) is 6.13. The summed E-state index contributed by atoms with van der Waals surface area (Å²) in [6, 6.07) is 0.715. The topological polar surface area (TPSA) is 77.8 Å². The molecule has 1 aromatic heterocycles. The van der Waals surface area contributed by atoms with Gasteiger partial charge in [-0.2, -0.15) is 0 Å². The van der Waals surface area contributed by atoms with Crippen molar-refractivity contribution < 1.29 is 19.8 Å². The number of hydrogen-bond acceptors (Lipinski definition) is 4. The zero-order valence-electron chi connectivity index (χ0n) is 8.67. The maximum Gasteiger partial charge on any atom is 0.326 e. The minimum Gasteiger partial charge on any atom is -0.480 e. The number of likely N-dealkylation sites (tertiary alicyclic amines) is 1. The van der Waals surface area contributed by atoms with Gasteiger partial charge in [-0.15, -0.1) is 11.3 Å². The monoisotopic (exact) mass is 319 g/mol. The van der Waals surface area contributed by atoms with E-state index in [-0.39, 0.29) is 18.9 Å². The lowest BCUT2D eigenvalue weighted by atomic mass is 10.2. The van der Waals surface area contributed by atoms with Crippen LogP contribution in [-0.2, 0) is 4.79 Å². The SMILES string of the molecule is O=C(O)C1CC(O)CN1C(=O)c1csc(Br)c1. The standard InChI is InChI=1S/C10H10BrNO4S/c11-8-1-5(4-17-8)9(14)12-3-6(13)2-7(12)10(15)16/h1,4,6-7,13H,2-3H2,(H,15,16). The Morgan fingerprint density at radius 2 is 2.24 bits per heavy atom. The van der Waals surface area contributed by atoms with Gasteiger partial charge in [-0.1, -0.05) is 0 Å². The van der Waals surface area contributed by atoms with Crippen LogP contribution in [0.2, 0.25) is 0 Å². The van der Waals surface area contributed by atoms with Crippen LogP contribution in [0.15, 0.2) is 15.2 Å². The van der Waals surface area contributed by atoms with E-state index in [9.17, 15) is 14.7 Å². The molecule has 0 aliphatic carbocycles. The van der Waals surface area contributed by atoms with Crippen molar-refractivity contribution in [2.24, 2.45) is 0 Å². The third-order valence-electron chi connectivity index (χ3n) is 2.64. The van der Waals surface area contributed by atoms with Crippen LogP contribution in [0, 0.1) is 0 Å². The molecule has 1 fully saturated rings. The number of carboxylic acid groups (broad SMARTS) is 1. The quantitative estimate of drug-likeness (QED) is 0.857. The predicted molar refractivity (Wildman–Crippen MR) is 65.1 cm³/mol. The highest BCUT2D eigenvalue weighted by Crippen LogP contribution is 2.25. The van der Waals surface area contributed by atoms with E-state index in [0.717, 1.165) is 3.79 Å². The molecule has 2 heterocycles. The average molecular weight is 320 g/mol. The highest BCUT2D eigenvalue weighted by atomic mass is 79.9. The zero-order valence-corrected chi connectivity index (χ0v) is 11.1. The number of rotatable bonds is 2. The molecule has 5 nitrogen and oxygen atoms in total. The number of aliphatic carboxylic acids is 1. The Morgan fingerprint density at radius 1 is 1.53 bits per heavy atom. The van der Waals surface area contributed by atoms with Gasteiger partial charge in [-0.25, -0.2) is 4.79 Å². The first-order chi connectivity index (χ1) is 7.99. The average Bonchev–Trinajstić information content (AvgIpc) is 2.83. The molecule has 0 aromatic carbocycles. The van der Waals surface area contributed by atoms with Gasteiger partial charge in [0.15, 0.2) is 0 Å². The summed E-state index contributed by atoms with van der Waals surface area (Å²) in [5, 5.41) is 20.1. The molecule has 2 N–H and O–H groups in total. The summed E-state index contributed by atoms with van der Waals surface area (Å²) in [7, 11) is 0. The molecule has 2 unspecified atom stereocenters. The summed E-state index contributed by atoms with van der Waals surface area (Å²) < 4.78 is 0.812. The summed E-state index contributed by atoms with van der Waals surface area (Å²) in [4.78, 5) is 24.3. The molecule has 0 spiro atoms. The molecule has 1 aliphatic heterocycles. The van der Waals surface area contributed by atoms with Crippen LogP contribution >= 0.6 is 27.3 Å². The maximum atomic E-state index is 12.1. The van der Waals surface area contributed by atoms with E-state index in [1.54, 1.807) is 11.4 Å². The van der Waals surface area contributed by atoms with Crippen LogP contribution in [0.4, 0.5) is 0 Å². The smallest absolute Gasteiger partial charge is 0.326 e. The Bertz CT molecular complexity index is 461. The molecule has 1 aromatic rings. The number of carboxylic acids is 1. The number of halogens is 1. The van der Waals surface area contributed by atoms with Gasteiger partial charge < -0.3 is 15.1 Å². The van der Waals surface area contributed by atoms with E-state index in [2.05, 4.69) is 15.9 Å². The lowest BCUT2D eigenvalue weighted by molar-refractivity contribution is -0.141. The molecule has 0 saturated carbocycles. The fraction of sp³-hybridized carbons (Fsp3) is 0.400. The number of carbonyl (C=O) groups excluding carboxylic acids is 1. The number of amides is 1. The number of thiophene rings is 1. The number of hydrogen-bond donors (Lipinski definition) is 2. The molecule has 92 valence electrons. The highest BCUT2D eigenvalue weighted by molar-refractivity contribution is 9.11. The Labute approximate surface area is 110 Å². The van der Waals surface area contributed by atoms with Crippen LogP contribution in [0.1, 0.15) is 16.8 Å².